The molecule has 1 aromatic carbocycles. The van der Waals surface area contributed by atoms with Crippen molar-refractivity contribution in [3.8, 4) is 5.75 Å². The van der Waals surface area contributed by atoms with Gasteiger partial charge in [0.2, 0.25) is 0 Å². The van der Waals surface area contributed by atoms with Crippen molar-refractivity contribution in [3.63, 3.8) is 0 Å². The molecule has 2 rings (SSSR count). The fraction of sp³-hybridized carbons (Fsp3) is 0.400. The van der Waals surface area contributed by atoms with Crippen LogP contribution in [-0.4, -0.2) is 19.3 Å². The highest BCUT2D eigenvalue weighted by atomic mass is 35.5. The summed E-state index contributed by atoms with van der Waals surface area (Å²) in [5.74, 6) is 0.685. The summed E-state index contributed by atoms with van der Waals surface area (Å²) in [6.07, 6.45) is 1.04. The number of anilines is 1. The van der Waals surface area contributed by atoms with Gasteiger partial charge in [0.15, 0.2) is 0 Å². The van der Waals surface area contributed by atoms with E-state index in [4.69, 9.17) is 26.8 Å². The van der Waals surface area contributed by atoms with Crippen molar-refractivity contribution in [1.82, 2.24) is 0 Å². The Hall–Kier alpha value is -0.930. The third-order valence-electron chi connectivity index (χ3n) is 2.15. The number of nitrogen functional groups attached to an aromatic ring is 1. The molecule has 0 aliphatic carbocycles. The predicted molar refractivity (Wildman–Crippen MR) is 55.7 cm³/mol. The Kier molecular flexibility index (Phi) is 2.79. The zero-order valence-electron chi connectivity index (χ0n) is 7.70. The second-order valence-electron chi connectivity index (χ2n) is 3.29. The maximum Gasteiger partial charge on any atom is 0.142 e. The molecule has 1 unspecified atom stereocenters. The van der Waals surface area contributed by atoms with Crippen molar-refractivity contribution < 1.29 is 9.47 Å². The number of benzene rings is 1. The fourth-order valence-corrected chi connectivity index (χ4v) is 1.59. The third-order valence-corrected chi connectivity index (χ3v) is 2.39. The minimum Gasteiger partial charge on any atom is -0.486 e. The van der Waals surface area contributed by atoms with Crippen molar-refractivity contribution in [1.29, 1.82) is 0 Å². The molecule has 14 heavy (non-hydrogen) atoms. The second kappa shape index (κ2) is 4.07. The first kappa shape index (κ1) is 9.62. The van der Waals surface area contributed by atoms with Crippen LogP contribution in [0.3, 0.4) is 0 Å². The van der Waals surface area contributed by atoms with Crippen molar-refractivity contribution in [2.75, 3.05) is 18.9 Å². The van der Waals surface area contributed by atoms with E-state index in [1.165, 1.54) is 0 Å². The highest BCUT2D eigenvalue weighted by Crippen LogP contribution is 2.27. The fourth-order valence-electron chi connectivity index (χ4n) is 1.41. The van der Waals surface area contributed by atoms with Crippen LogP contribution in [-0.2, 0) is 4.74 Å². The Morgan fingerprint density at radius 3 is 3.00 bits per heavy atom. The maximum absolute atomic E-state index is 5.77. The largest absolute Gasteiger partial charge is 0.486 e. The summed E-state index contributed by atoms with van der Waals surface area (Å²) < 4.78 is 10.9. The Morgan fingerprint density at radius 1 is 1.50 bits per heavy atom. The minimum absolute atomic E-state index is 0.124. The van der Waals surface area contributed by atoms with Gasteiger partial charge in [-0.1, -0.05) is 11.6 Å². The number of rotatable bonds is 2. The van der Waals surface area contributed by atoms with Gasteiger partial charge in [-0.25, -0.2) is 0 Å². The molecule has 1 atom stereocenters. The minimum atomic E-state index is 0.124. The lowest BCUT2D eigenvalue weighted by Gasteiger charge is -2.13. The van der Waals surface area contributed by atoms with Gasteiger partial charge >= 0.3 is 0 Å². The Balaban J connectivity index is 2.08. The molecule has 0 amide bonds. The summed E-state index contributed by atoms with van der Waals surface area (Å²) in [7, 11) is 0. The van der Waals surface area contributed by atoms with Crippen molar-refractivity contribution >= 4 is 17.3 Å². The average Bonchev–Trinajstić information content (AvgIpc) is 2.62. The molecule has 1 fully saturated rings. The summed E-state index contributed by atoms with van der Waals surface area (Å²) in [5.41, 5.74) is 6.32. The summed E-state index contributed by atoms with van der Waals surface area (Å²) in [6, 6.07) is 5.24. The standard InChI is InChI=1S/C10H12ClNO2/c11-7-1-2-10(9(12)5-7)14-8-3-4-13-6-8/h1-2,5,8H,3-4,6,12H2. The van der Waals surface area contributed by atoms with E-state index in [-0.39, 0.29) is 6.10 Å². The van der Waals surface area contributed by atoms with Crippen LogP contribution in [0.2, 0.25) is 5.02 Å². The van der Waals surface area contributed by atoms with Crippen LogP contribution in [0, 0.1) is 0 Å². The summed E-state index contributed by atoms with van der Waals surface area (Å²) in [4.78, 5) is 0. The lowest BCUT2D eigenvalue weighted by atomic mass is 10.3. The monoisotopic (exact) mass is 213 g/mol. The van der Waals surface area contributed by atoms with Crippen LogP contribution in [0.25, 0.3) is 0 Å². The molecule has 1 saturated heterocycles. The lowest BCUT2D eigenvalue weighted by Crippen LogP contribution is -2.16. The number of ether oxygens (including phenoxy) is 2. The van der Waals surface area contributed by atoms with Gasteiger partial charge in [0.05, 0.1) is 18.9 Å². The first-order valence-electron chi connectivity index (χ1n) is 4.55. The third kappa shape index (κ3) is 2.11. The molecule has 1 aromatic rings. The quantitative estimate of drug-likeness (QED) is 0.766. The summed E-state index contributed by atoms with van der Waals surface area (Å²) >= 11 is 5.77. The molecule has 0 spiro atoms. The van der Waals surface area contributed by atoms with Crippen molar-refractivity contribution in [2.45, 2.75) is 12.5 Å². The molecule has 0 radical (unpaired) electrons. The van der Waals surface area contributed by atoms with Gasteiger partial charge in [0.25, 0.3) is 0 Å². The number of nitrogens with two attached hydrogens (primary N) is 1. The van der Waals surface area contributed by atoms with E-state index in [2.05, 4.69) is 0 Å². The molecule has 1 heterocycles. The van der Waals surface area contributed by atoms with Gasteiger partial charge in [-0.15, -0.1) is 0 Å². The van der Waals surface area contributed by atoms with E-state index in [9.17, 15) is 0 Å². The van der Waals surface area contributed by atoms with Crippen LogP contribution in [0.15, 0.2) is 18.2 Å². The van der Waals surface area contributed by atoms with Gasteiger partial charge in [0.1, 0.15) is 11.9 Å². The topological polar surface area (TPSA) is 44.5 Å². The second-order valence-corrected chi connectivity index (χ2v) is 3.72. The molecular formula is C10H12ClNO2. The molecule has 1 aliphatic rings. The van der Waals surface area contributed by atoms with Gasteiger partial charge in [-0.05, 0) is 18.2 Å². The number of hydrogen-bond donors (Lipinski definition) is 1. The van der Waals surface area contributed by atoms with Gasteiger partial charge in [-0.3, -0.25) is 0 Å². The van der Waals surface area contributed by atoms with Crippen LogP contribution >= 0.6 is 11.6 Å². The predicted octanol–water partition coefficient (Wildman–Crippen LogP) is 2.09. The Bertz CT molecular complexity index is 324. The molecule has 3 nitrogen and oxygen atoms in total. The summed E-state index contributed by atoms with van der Waals surface area (Å²) in [5, 5.41) is 0.623. The average molecular weight is 214 g/mol. The van der Waals surface area contributed by atoms with Gasteiger partial charge in [0, 0.05) is 11.4 Å². The van der Waals surface area contributed by atoms with Gasteiger partial charge in [-0.2, -0.15) is 0 Å². The first-order chi connectivity index (χ1) is 6.75. The molecule has 4 heteroatoms. The van der Waals surface area contributed by atoms with E-state index >= 15 is 0 Å². The molecule has 76 valence electrons. The van der Waals surface area contributed by atoms with E-state index in [1.807, 2.05) is 0 Å². The van der Waals surface area contributed by atoms with E-state index < -0.39 is 0 Å². The zero-order chi connectivity index (χ0) is 9.97. The molecule has 0 saturated carbocycles. The maximum atomic E-state index is 5.77. The van der Waals surface area contributed by atoms with Crippen LogP contribution in [0.5, 0.6) is 5.75 Å². The van der Waals surface area contributed by atoms with Crippen molar-refractivity contribution in [3.05, 3.63) is 23.2 Å². The molecule has 0 bridgehead atoms. The van der Waals surface area contributed by atoms with E-state index in [0.717, 1.165) is 13.0 Å². The SMILES string of the molecule is Nc1cc(Cl)ccc1OC1CCOC1. The van der Waals surface area contributed by atoms with Crippen LogP contribution in [0.4, 0.5) is 5.69 Å². The molecule has 0 aromatic heterocycles. The number of hydrogen-bond acceptors (Lipinski definition) is 3. The lowest BCUT2D eigenvalue weighted by molar-refractivity contribution is 0.142. The molecular weight excluding hydrogens is 202 g/mol. The smallest absolute Gasteiger partial charge is 0.142 e. The summed E-state index contributed by atoms with van der Waals surface area (Å²) in [6.45, 7) is 1.40. The van der Waals surface area contributed by atoms with Crippen LogP contribution in [0.1, 0.15) is 6.42 Å². The molecule has 1 aliphatic heterocycles. The normalized spacial score (nSPS) is 21.1. The highest BCUT2D eigenvalue weighted by molar-refractivity contribution is 6.30. The zero-order valence-corrected chi connectivity index (χ0v) is 8.46. The Morgan fingerprint density at radius 2 is 2.36 bits per heavy atom. The van der Waals surface area contributed by atoms with E-state index in [1.54, 1.807) is 18.2 Å². The first-order valence-corrected chi connectivity index (χ1v) is 4.93. The van der Waals surface area contributed by atoms with Crippen molar-refractivity contribution in [2.24, 2.45) is 0 Å². The number of halogens is 1. The van der Waals surface area contributed by atoms with Crippen LogP contribution < -0.4 is 10.5 Å². The Labute approximate surface area is 87.8 Å². The molecule has 2 N–H and O–H groups in total. The highest BCUT2D eigenvalue weighted by Gasteiger charge is 2.17. The van der Waals surface area contributed by atoms with Gasteiger partial charge < -0.3 is 15.2 Å². The van der Waals surface area contributed by atoms with E-state index in [0.29, 0.717) is 23.1 Å².